The second-order valence-electron chi connectivity index (χ2n) is 3.54. The van der Waals surface area contributed by atoms with Crippen molar-refractivity contribution in [2.45, 2.75) is 31.9 Å². The van der Waals surface area contributed by atoms with Crippen molar-refractivity contribution in [2.75, 3.05) is 13.1 Å². The molecule has 3 heteroatoms. The highest BCUT2D eigenvalue weighted by atomic mass is 16.3. The molecule has 11 heavy (non-hydrogen) atoms. The van der Waals surface area contributed by atoms with Crippen molar-refractivity contribution in [1.29, 1.82) is 5.26 Å². The Bertz CT molecular complexity index is 183. The van der Waals surface area contributed by atoms with Gasteiger partial charge in [0, 0.05) is 12.1 Å². The topological polar surface area (TPSA) is 47.3 Å². The number of nitrogens with zero attached hydrogens (tertiary/aromatic N) is 2. The highest BCUT2D eigenvalue weighted by Gasteiger charge is 2.39. The number of aliphatic hydroxyl groups is 1. The van der Waals surface area contributed by atoms with Crippen molar-refractivity contribution in [1.82, 2.24) is 4.90 Å². The molecular weight excluding hydrogens is 140 g/mol. The Labute approximate surface area is 67.2 Å². The Balaban J connectivity index is 2.64. The molecule has 1 unspecified atom stereocenters. The Morgan fingerprint density at radius 3 is 2.73 bits per heavy atom. The smallest absolute Gasteiger partial charge is 0.0871 e. The zero-order valence-electron chi connectivity index (χ0n) is 7.04. The Hall–Kier alpha value is -0.590. The number of rotatable bonds is 1. The van der Waals surface area contributed by atoms with Crippen LogP contribution < -0.4 is 0 Å². The summed E-state index contributed by atoms with van der Waals surface area (Å²) < 4.78 is 0. The van der Waals surface area contributed by atoms with Gasteiger partial charge in [0.25, 0.3) is 0 Å². The van der Waals surface area contributed by atoms with Gasteiger partial charge in [-0.15, -0.1) is 0 Å². The lowest BCUT2D eigenvalue weighted by atomic mass is 9.99. The van der Waals surface area contributed by atoms with Crippen LogP contribution >= 0.6 is 0 Å². The molecule has 1 aliphatic heterocycles. The molecule has 0 aromatic heterocycles. The fraction of sp³-hybridized carbons (Fsp3) is 0.875. The lowest BCUT2D eigenvalue weighted by molar-refractivity contribution is 0.0616. The summed E-state index contributed by atoms with van der Waals surface area (Å²) in [4.78, 5) is 2.01. The summed E-state index contributed by atoms with van der Waals surface area (Å²) in [5.41, 5.74) is -0.213. The van der Waals surface area contributed by atoms with E-state index in [1.807, 2.05) is 18.7 Å². The van der Waals surface area contributed by atoms with Crippen LogP contribution in [0.25, 0.3) is 0 Å². The summed E-state index contributed by atoms with van der Waals surface area (Å²) in [6.07, 6.45) is 0.505. The SMILES string of the molecule is CC1(C)C(O)CCN1CC#N. The predicted molar refractivity (Wildman–Crippen MR) is 41.9 cm³/mol. The van der Waals surface area contributed by atoms with E-state index in [0.717, 1.165) is 13.0 Å². The van der Waals surface area contributed by atoms with E-state index in [4.69, 9.17) is 5.26 Å². The van der Waals surface area contributed by atoms with Gasteiger partial charge in [-0.25, -0.2) is 0 Å². The minimum atomic E-state index is -0.282. The summed E-state index contributed by atoms with van der Waals surface area (Å²) in [5, 5.41) is 18.0. The van der Waals surface area contributed by atoms with E-state index in [1.54, 1.807) is 0 Å². The zero-order valence-corrected chi connectivity index (χ0v) is 7.04. The predicted octanol–water partition coefficient (Wildman–Crippen LogP) is 0.355. The van der Waals surface area contributed by atoms with E-state index < -0.39 is 0 Å². The fourth-order valence-electron chi connectivity index (χ4n) is 1.50. The normalized spacial score (nSPS) is 30.2. The summed E-state index contributed by atoms with van der Waals surface area (Å²) >= 11 is 0. The molecule has 0 spiro atoms. The van der Waals surface area contributed by atoms with Crippen LogP contribution in [0.3, 0.4) is 0 Å². The minimum absolute atomic E-state index is 0.213. The molecule has 0 saturated carbocycles. The first-order valence-electron chi connectivity index (χ1n) is 3.89. The largest absolute Gasteiger partial charge is 0.391 e. The van der Waals surface area contributed by atoms with Crippen molar-refractivity contribution < 1.29 is 5.11 Å². The van der Waals surface area contributed by atoms with Crippen LogP contribution in [-0.4, -0.2) is 34.7 Å². The first-order valence-corrected chi connectivity index (χ1v) is 3.89. The molecule has 0 radical (unpaired) electrons. The third kappa shape index (κ3) is 1.37. The van der Waals surface area contributed by atoms with Gasteiger partial charge in [0.15, 0.2) is 0 Å². The lowest BCUT2D eigenvalue weighted by Gasteiger charge is -2.31. The van der Waals surface area contributed by atoms with Crippen molar-refractivity contribution in [3.8, 4) is 6.07 Å². The molecule has 1 saturated heterocycles. The van der Waals surface area contributed by atoms with E-state index in [0.29, 0.717) is 6.54 Å². The fourth-order valence-corrected chi connectivity index (χ4v) is 1.50. The van der Waals surface area contributed by atoms with Gasteiger partial charge in [0.1, 0.15) is 0 Å². The van der Waals surface area contributed by atoms with Gasteiger partial charge in [-0.3, -0.25) is 4.90 Å². The third-order valence-corrected chi connectivity index (χ3v) is 2.56. The molecule has 3 nitrogen and oxygen atoms in total. The first-order chi connectivity index (χ1) is 5.09. The molecule has 0 aliphatic carbocycles. The van der Waals surface area contributed by atoms with Crippen molar-refractivity contribution >= 4 is 0 Å². The lowest BCUT2D eigenvalue weighted by Crippen LogP contribution is -2.44. The maximum absolute atomic E-state index is 9.50. The highest BCUT2D eigenvalue weighted by Crippen LogP contribution is 2.27. The van der Waals surface area contributed by atoms with Crippen LogP contribution in [0.5, 0.6) is 0 Å². The third-order valence-electron chi connectivity index (χ3n) is 2.56. The van der Waals surface area contributed by atoms with Gasteiger partial charge in [-0.2, -0.15) is 5.26 Å². The summed E-state index contributed by atoms with van der Waals surface area (Å²) in [5.74, 6) is 0. The molecule has 0 amide bonds. The van der Waals surface area contributed by atoms with E-state index >= 15 is 0 Å². The zero-order chi connectivity index (χ0) is 8.48. The number of nitriles is 1. The standard InChI is InChI=1S/C8H14N2O/c1-8(2)7(11)3-5-10(8)6-4-9/h7,11H,3,5-6H2,1-2H3. The van der Waals surface area contributed by atoms with Gasteiger partial charge >= 0.3 is 0 Å². The van der Waals surface area contributed by atoms with Gasteiger partial charge in [0.05, 0.1) is 18.7 Å². The van der Waals surface area contributed by atoms with Crippen molar-refractivity contribution in [3.63, 3.8) is 0 Å². The maximum atomic E-state index is 9.50. The molecule has 1 fully saturated rings. The van der Waals surface area contributed by atoms with Gasteiger partial charge < -0.3 is 5.11 Å². The van der Waals surface area contributed by atoms with Crippen LogP contribution in [0.15, 0.2) is 0 Å². The van der Waals surface area contributed by atoms with E-state index in [9.17, 15) is 5.11 Å². The monoisotopic (exact) mass is 154 g/mol. The number of likely N-dealkylation sites (tertiary alicyclic amines) is 1. The Morgan fingerprint density at radius 1 is 1.73 bits per heavy atom. The molecule has 1 rings (SSSR count). The highest BCUT2D eigenvalue weighted by molar-refractivity contribution is 4.98. The average Bonchev–Trinajstić information content (AvgIpc) is 2.16. The van der Waals surface area contributed by atoms with Gasteiger partial charge in [0.2, 0.25) is 0 Å². The molecule has 62 valence electrons. The van der Waals surface area contributed by atoms with Crippen molar-refractivity contribution in [2.24, 2.45) is 0 Å². The van der Waals surface area contributed by atoms with Crippen LogP contribution in [0, 0.1) is 11.3 Å². The number of hydrogen-bond acceptors (Lipinski definition) is 3. The molecule has 1 N–H and O–H groups in total. The quantitative estimate of drug-likeness (QED) is 0.554. The van der Waals surface area contributed by atoms with Crippen LogP contribution in [-0.2, 0) is 0 Å². The van der Waals surface area contributed by atoms with Gasteiger partial charge in [-0.05, 0) is 20.3 Å². The average molecular weight is 154 g/mol. The van der Waals surface area contributed by atoms with Crippen LogP contribution in [0.1, 0.15) is 20.3 Å². The first kappa shape index (κ1) is 8.51. The van der Waals surface area contributed by atoms with Gasteiger partial charge in [-0.1, -0.05) is 0 Å². The van der Waals surface area contributed by atoms with Crippen LogP contribution in [0.2, 0.25) is 0 Å². The molecule has 1 heterocycles. The minimum Gasteiger partial charge on any atom is -0.391 e. The number of aliphatic hydroxyl groups excluding tert-OH is 1. The molecule has 1 aliphatic rings. The second kappa shape index (κ2) is 2.80. The summed E-state index contributed by atoms with van der Waals surface area (Å²) in [7, 11) is 0. The Kier molecular flexibility index (Phi) is 2.17. The molecule has 1 atom stereocenters. The van der Waals surface area contributed by atoms with E-state index in [2.05, 4.69) is 6.07 Å². The molecule has 0 bridgehead atoms. The van der Waals surface area contributed by atoms with Crippen LogP contribution in [0.4, 0.5) is 0 Å². The number of hydrogen-bond donors (Lipinski definition) is 1. The molecule has 0 aromatic rings. The summed E-state index contributed by atoms with van der Waals surface area (Å²) in [6, 6.07) is 2.10. The van der Waals surface area contributed by atoms with Crippen molar-refractivity contribution in [3.05, 3.63) is 0 Å². The maximum Gasteiger partial charge on any atom is 0.0871 e. The van der Waals surface area contributed by atoms with E-state index in [-0.39, 0.29) is 11.6 Å². The second-order valence-corrected chi connectivity index (χ2v) is 3.54. The van der Waals surface area contributed by atoms with E-state index in [1.165, 1.54) is 0 Å². The Morgan fingerprint density at radius 2 is 2.36 bits per heavy atom. The molecule has 0 aromatic carbocycles. The summed E-state index contributed by atoms with van der Waals surface area (Å²) in [6.45, 7) is 5.20. The molecular formula is C8H14N2O.